The Labute approximate surface area is 122 Å². The van der Waals surface area contributed by atoms with Gasteiger partial charge in [-0.15, -0.1) is 0 Å². The molecule has 0 aliphatic heterocycles. The summed E-state index contributed by atoms with van der Waals surface area (Å²) in [6.45, 7) is 1.74. The minimum Gasteiger partial charge on any atom is -0.422 e. The first kappa shape index (κ1) is 15.9. The number of para-hydroxylation sites is 1. The predicted molar refractivity (Wildman–Crippen MR) is 67.0 cm³/mol. The topological polar surface area (TPSA) is 26.3 Å². The zero-order chi connectivity index (χ0) is 16.4. The van der Waals surface area contributed by atoms with E-state index in [1.54, 1.807) is 19.1 Å². The Hall–Kier alpha value is -2.44. The zero-order valence-corrected chi connectivity index (χ0v) is 11.2. The van der Waals surface area contributed by atoms with E-state index < -0.39 is 40.6 Å². The van der Waals surface area contributed by atoms with Crippen LogP contribution < -0.4 is 4.74 Å². The Morgan fingerprint density at radius 1 is 0.909 bits per heavy atom. The quantitative estimate of drug-likeness (QED) is 0.279. The lowest BCUT2D eigenvalue weighted by Crippen LogP contribution is -2.17. The van der Waals surface area contributed by atoms with E-state index in [2.05, 4.69) is 0 Å². The standard InChI is InChI=1S/C15H9F5O2/c1-2-7-5-3-4-6-8(7)22-15(21)9-10(16)12(18)14(20)13(19)11(9)17/h3-6H,2H2,1H3. The Morgan fingerprint density at radius 2 is 1.41 bits per heavy atom. The molecule has 2 nitrogen and oxygen atoms in total. The number of carbonyl (C=O) groups excluding carboxylic acids is 1. The number of ether oxygens (including phenoxy) is 1. The molecule has 7 heteroatoms. The highest BCUT2D eigenvalue weighted by Crippen LogP contribution is 2.25. The summed E-state index contributed by atoms with van der Waals surface area (Å²) in [4.78, 5) is 11.8. The van der Waals surface area contributed by atoms with Crippen LogP contribution in [0, 0.1) is 29.1 Å². The Bertz CT molecular complexity index is 714. The van der Waals surface area contributed by atoms with Crippen molar-refractivity contribution in [3.05, 3.63) is 64.5 Å². The number of rotatable bonds is 3. The van der Waals surface area contributed by atoms with Gasteiger partial charge in [-0.25, -0.2) is 26.7 Å². The summed E-state index contributed by atoms with van der Waals surface area (Å²) >= 11 is 0. The van der Waals surface area contributed by atoms with Crippen molar-refractivity contribution in [3.8, 4) is 5.75 Å². The lowest BCUT2D eigenvalue weighted by molar-refractivity contribution is 0.0719. The largest absolute Gasteiger partial charge is 0.422 e. The maximum Gasteiger partial charge on any atom is 0.349 e. The molecule has 0 bridgehead atoms. The second-order valence-electron chi connectivity index (χ2n) is 4.30. The van der Waals surface area contributed by atoms with Crippen LogP contribution in [-0.4, -0.2) is 5.97 Å². The van der Waals surface area contributed by atoms with Crippen molar-refractivity contribution in [2.24, 2.45) is 0 Å². The van der Waals surface area contributed by atoms with E-state index in [9.17, 15) is 26.7 Å². The second-order valence-corrected chi connectivity index (χ2v) is 4.30. The van der Waals surface area contributed by atoms with Crippen LogP contribution in [0.15, 0.2) is 24.3 Å². The van der Waals surface area contributed by atoms with Gasteiger partial charge in [0.25, 0.3) is 0 Å². The maximum atomic E-state index is 13.5. The SMILES string of the molecule is CCc1ccccc1OC(=O)c1c(F)c(F)c(F)c(F)c1F. The molecule has 0 radical (unpaired) electrons. The molecular weight excluding hydrogens is 307 g/mol. The van der Waals surface area contributed by atoms with Gasteiger partial charge in [0.2, 0.25) is 5.82 Å². The molecule has 2 rings (SSSR count). The van der Waals surface area contributed by atoms with Crippen LogP contribution in [0.1, 0.15) is 22.8 Å². The van der Waals surface area contributed by atoms with Crippen LogP contribution in [0.2, 0.25) is 0 Å². The molecule has 0 unspecified atom stereocenters. The predicted octanol–water partition coefficient (Wildman–Crippen LogP) is 4.16. The van der Waals surface area contributed by atoms with Gasteiger partial charge >= 0.3 is 5.97 Å². The highest BCUT2D eigenvalue weighted by molar-refractivity contribution is 5.91. The summed E-state index contributed by atoms with van der Waals surface area (Å²) in [5, 5.41) is 0. The molecular formula is C15H9F5O2. The molecule has 0 aliphatic rings. The molecule has 22 heavy (non-hydrogen) atoms. The van der Waals surface area contributed by atoms with E-state index in [-0.39, 0.29) is 5.75 Å². The van der Waals surface area contributed by atoms with E-state index in [4.69, 9.17) is 4.74 Å². The van der Waals surface area contributed by atoms with E-state index in [0.29, 0.717) is 12.0 Å². The highest BCUT2D eigenvalue weighted by atomic mass is 19.2. The summed E-state index contributed by atoms with van der Waals surface area (Å²) < 4.78 is 70.9. The summed E-state index contributed by atoms with van der Waals surface area (Å²) in [7, 11) is 0. The van der Waals surface area contributed by atoms with Gasteiger partial charge in [-0.1, -0.05) is 25.1 Å². The smallest absolute Gasteiger partial charge is 0.349 e. The normalized spacial score (nSPS) is 10.6. The molecule has 0 aliphatic carbocycles. The van der Waals surface area contributed by atoms with Crippen molar-refractivity contribution >= 4 is 5.97 Å². The van der Waals surface area contributed by atoms with Crippen LogP contribution in [-0.2, 0) is 6.42 Å². The molecule has 0 saturated heterocycles. The maximum absolute atomic E-state index is 13.5. The van der Waals surface area contributed by atoms with Crippen molar-refractivity contribution in [2.75, 3.05) is 0 Å². The number of hydrogen-bond acceptors (Lipinski definition) is 2. The zero-order valence-electron chi connectivity index (χ0n) is 11.2. The first-order valence-corrected chi connectivity index (χ1v) is 6.20. The number of hydrogen-bond donors (Lipinski definition) is 0. The fourth-order valence-electron chi connectivity index (χ4n) is 1.83. The van der Waals surface area contributed by atoms with Crippen LogP contribution in [0.25, 0.3) is 0 Å². The second kappa shape index (κ2) is 6.13. The van der Waals surface area contributed by atoms with Crippen molar-refractivity contribution in [3.63, 3.8) is 0 Å². The molecule has 0 spiro atoms. The van der Waals surface area contributed by atoms with Crippen molar-refractivity contribution in [2.45, 2.75) is 13.3 Å². The van der Waals surface area contributed by atoms with Crippen LogP contribution in [0.4, 0.5) is 22.0 Å². The first-order valence-electron chi connectivity index (χ1n) is 6.20. The van der Waals surface area contributed by atoms with E-state index in [1.807, 2.05) is 0 Å². The lowest BCUT2D eigenvalue weighted by atomic mass is 10.1. The summed E-state index contributed by atoms with van der Waals surface area (Å²) in [6.07, 6.45) is 0.445. The number of esters is 1. The molecule has 0 N–H and O–H groups in total. The van der Waals surface area contributed by atoms with E-state index in [0.717, 1.165) is 0 Å². The molecule has 0 aromatic heterocycles. The molecule has 0 saturated carbocycles. The molecule has 0 amide bonds. The number of carbonyl (C=O) groups is 1. The van der Waals surface area contributed by atoms with Gasteiger partial charge in [0, 0.05) is 0 Å². The average Bonchev–Trinajstić information content (AvgIpc) is 2.51. The third kappa shape index (κ3) is 2.66. The van der Waals surface area contributed by atoms with Gasteiger partial charge in [0.15, 0.2) is 23.3 Å². The molecule has 2 aromatic rings. The third-order valence-electron chi connectivity index (χ3n) is 2.97. The third-order valence-corrected chi connectivity index (χ3v) is 2.97. The van der Waals surface area contributed by atoms with Gasteiger partial charge in [-0.05, 0) is 18.1 Å². The van der Waals surface area contributed by atoms with Crippen molar-refractivity contribution in [1.82, 2.24) is 0 Å². The number of benzene rings is 2. The number of halogens is 5. The van der Waals surface area contributed by atoms with Crippen LogP contribution >= 0.6 is 0 Å². The lowest BCUT2D eigenvalue weighted by Gasteiger charge is -2.10. The van der Waals surface area contributed by atoms with Crippen molar-refractivity contribution in [1.29, 1.82) is 0 Å². The summed E-state index contributed by atoms with van der Waals surface area (Å²) in [5.74, 6) is -12.9. The van der Waals surface area contributed by atoms with Gasteiger partial charge in [-0.2, -0.15) is 0 Å². The Kier molecular flexibility index (Phi) is 4.44. The average molecular weight is 316 g/mol. The van der Waals surface area contributed by atoms with Gasteiger partial charge in [0.05, 0.1) is 0 Å². The minimum absolute atomic E-state index is 0.0149. The molecule has 116 valence electrons. The molecule has 2 aromatic carbocycles. The first-order chi connectivity index (χ1) is 10.4. The molecule has 0 atom stereocenters. The monoisotopic (exact) mass is 316 g/mol. The van der Waals surface area contributed by atoms with Crippen LogP contribution in [0.3, 0.4) is 0 Å². The van der Waals surface area contributed by atoms with E-state index >= 15 is 0 Å². The Balaban J connectivity index is 2.47. The molecule has 0 fully saturated rings. The van der Waals surface area contributed by atoms with Gasteiger partial charge in [-0.3, -0.25) is 0 Å². The fourth-order valence-corrected chi connectivity index (χ4v) is 1.83. The van der Waals surface area contributed by atoms with Crippen molar-refractivity contribution < 1.29 is 31.5 Å². The summed E-state index contributed by atoms with van der Waals surface area (Å²) in [5.41, 5.74) is -1.08. The van der Waals surface area contributed by atoms with Gasteiger partial charge < -0.3 is 4.74 Å². The molecule has 0 heterocycles. The Morgan fingerprint density at radius 3 is 1.95 bits per heavy atom. The van der Waals surface area contributed by atoms with Gasteiger partial charge in [0.1, 0.15) is 11.3 Å². The summed E-state index contributed by atoms with van der Waals surface area (Å²) in [6, 6.07) is 6.10. The highest BCUT2D eigenvalue weighted by Gasteiger charge is 2.31. The van der Waals surface area contributed by atoms with Crippen LogP contribution in [0.5, 0.6) is 5.75 Å². The fraction of sp³-hybridized carbons (Fsp3) is 0.133. The number of aryl methyl sites for hydroxylation is 1. The van der Waals surface area contributed by atoms with E-state index in [1.165, 1.54) is 12.1 Å². The minimum atomic E-state index is -2.33.